The van der Waals surface area contributed by atoms with E-state index in [0.717, 1.165) is 26.7 Å². The van der Waals surface area contributed by atoms with Crippen LogP contribution in [0.1, 0.15) is 69.7 Å². The molecule has 0 unspecified atom stereocenters. The molecule has 1 aliphatic heterocycles. The number of phenolic OH excluding ortho intramolecular Hbond substituents is 1. The quantitative estimate of drug-likeness (QED) is 0.317. The van der Waals surface area contributed by atoms with Crippen molar-refractivity contribution in [1.29, 1.82) is 0 Å². The summed E-state index contributed by atoms with van der Waals surface area (Å²) in [5.41, 5.74) is 3.41. The zero-order chi connectivity index (χ0) is 21.0. The zero-order valence-electron chi connectivity index (χ0n) is 17.3. The molecule has 28 heavy (non-hydrogen) atoms. The van der Waals surface area contributed by atoms with Gasteiger partial charge in [-0.15, -0.1) is 0 Å². The fourth-order valence-corrected chi connectivity index (χ4v) is 4.26. The van der Waals surface area contributed by atoms with Gasteiger partial charge in [-0.2, -0.15) is 0 Å². The lowest BCUT2D eigenvalue weighted by atomic mass is 9.74. The third kappa shape index (κ3) is 3.50. The minimum absolute atomic E-state index is 0.257. The molecule has 1 N–H and O–H groups in total. The van der Waals surface area contributed by atoms with Crippen LogP contribution in [0.2, 0.25) is 0 Å². The maximum atomic E-state index is 12.5. The van der Waals surface area contributed by atoms with Crippen LogP contribution in [0.4, 0.5) is 0 Å². The Morgan fingerprint density at radius 1 is 1.04 bits per heavy atom. The highest BCUT2D eigenvalue weighted by molar-refractivity contribution is 9.10. The number of esters is 1. The topological polar surface area (TPSA) is 46.5 Å². The van der Waals surface area contributed by atoms with Crippen LogP contribution in [0.25, 0.3) is 0 Å². The third-order valence-corrected chi connectivity index (χ3v) is 5.89. The molecule has 0 fully saturated rings. The minimum atomic E-state index is -0.418. The summed E-state index contributed by atoms with van der Waals surface area (Å²) < 4.78 is 6.34. The van der Waals surface area contributed by atoms with Crippen LogP contribution in [0.5, 0.6) is 11.5 Å². The lowest BCUT2D eigenvalue weighted by Gasteiger charge is -2.32. The van der Waals surface area contributed by atoms with Crippen LogP contribution in [0.15, 0.2) is 47.0 Å². The van der Waals surface area contributed by atoms with Crippen LogP contribution in [-0.2, 0) is 15.6 Å². The molecule has 1 atom stereocenters. The molecule has 3 nitrogen and oxygen atoms in total. The Hall–Kier alpha value is -2.07. The van der Waals surface area contributed by atoms with Crippen LogP contribution in [-0.4, -0.2) is 11.1 Å². The second-order valence-electron chi connectivity index (χ2n) is 9.46. The van der Waals surface area contributed by atoms with Gasteiger partial charge in [-0.05, 0) is 39.7 Å². The SMILES string of the molecule is C=C1C(=O)Oc2cccc(Br)c2[C@H]1c1cc(C(C)(C)C)c(O)c(C(C)(C)C)c1. The van der Waals surface area contributed by atoms with Crippen LogP contribution in [0.3, 0.4) is 0 Å². The van der Waals surface area contributed by atoms with E-state index in [1.807, 2.05) is 24.3 Å². The summed E-state index contributed by atoms with van der Waals surface area (Å²) in [6, 6.07) is 9.59. The molecule has 0 aliphatic carbocycles. The largest absolute Gasteiger partial charge is 0.507 e. The standard InChI is InChI=1S/C24H27BrO3/c1-13-19(20-17(25)9-8-10-18(20)28-22(13)27)14-11-15(23(2,3)4)21(26)16(12-14)24(5,6)7/h8-12,19,26H,1H2,2-7H3/t19-/m1/s1. The van der Waals surface area contributed by atoms with E-state index in [2.05, 4.69) is 64.1 Å². The number of hydrogen-bond acceptors (Lipinski definition) is 3. The van der Waals surface area contributed by atoms with Crippen molar-refractivity contribution >= 4 is 21.9 Å². The Bertz CT molecular complexity index is 939. The molecule has 0 amide bonds. The molecule has 0 bridgehead atoms. The van der Waals surface area contributed by atoms with Gasteiger partial charge >= 0.3 is 5.97 Å². The summed E-state index contributed by atoms with van der Waals surface area (Å²) in [4.78, 5) is 12.5. The molecule has 4 heteroatoms. The van der Waals surface area contributed by atoms with Gasteiger partial charge in [0, 0.05) is 21.5 Å². The molecule has 2 aromatic rings. The summed E-state index contributed by atoms with van der Waals surface area (Å²) >= 11 is 3.62. The highest BCUT2D eigenvalue weighted by Gasteiger charge is 2.36. The maximum Gasteiger partial charge on any atom is 0.339 e. The number of halogens is 1. The molecule has 1 heterocycles. The van der Waals surface area contributed by atoms with Gasteiger partial charge in [0.1, 0.15) is 11.5 Å². The van der Waals surface area contributed by atoms with Crippen LogP contribution in [0, 0.1) is 0 Å². The van der Waals surface area contributed by atoms with E-state index >= 15 is 0 Å². The lowest BCUT2D eigenvalue weighted by molar-refractivity contribution is -0.131. The number of aromatic hydroxyl groups is 1. The highest BCUT2D eigenvalue weighted by Crippen LogP contribution is 2.48. The van der Waals surface area contributed by atoms with Gasteiger partial charge in [-0.3, -0.25) is 0 Å². The third-order valence-electron chi connectivity index (χ3n) is 5.20. The number of carbonyl (C=O) groups is 1. The first-order valence-corrected chi connectivity index (χ1v) is 10.2. The van der Waals surface area contributed by atoms with Gasteiger partial charge < -0.3 is 9.84 Å². The second kappa shape index (κ2) is 6.77. The van der Waals surface area contributed by atoms with E-state index in [9.17, 15) is 9.90 Å². The molecule has 148 valence electrons. The number of ether oxygens (including phenoxy) is 1. The predicted octanol–water partition coefficient (Wildman–Crippen LogP) is 6.36. The average Bonchev–Trinajstić information content (AvgIpc) is 2.55. The summed E-state index contributed by atoms with van der Waals surface area (Å²) in [6.45, 7) is 16.5. The fourth-order valence-electron chi connectivity index (χ4n) is 3.68. The Balaban J connectivity index is 2.35. The molecule has 0 aromatic heterocycles. The monoisotopic (exact) mass is 442 g/mol. The van der Waals surface area contributed by atoms with Crippen LogP contribution >= 0.6 is 15.9 Å². The highest BCUT2D eigenvalue weighted by atomic mass is 79.9. The number of carbonyl (C=O) groups excluding carboxylic acids is 1. The van der Waals surface area contributed by atoms with Gasteiger partial charge in [0.2, 0.25) is 0 Å². The van der Waals surface area contributed by atoms with Crippen molar-refractivity contribution in [2.24, 2.45) is 0 Å². The Morgan fingerprint density at radius 3 is 2.07 bits per heavy atom. The lowest BCUT2D eigenvalue weighted by Crippen LogP contribution is -2.25. The van der Waals surface area contributed by atoms with Crippen LogP contribution < -0.4 is 4.74 Å². The van der Waals surface area contributed by atoms with Crippen molar-refractivity contribution in [2.75, 3.05) is 0 Å². The summed E-state index contributed by atoms with van der Waals surface area (Å²) in [5, 5.41) is 11.0. The van der Waals surface area contributed by atoms with Gasteiger partial charge in [-0.1, -0.05) is 82.3 Å². The van der Waals surface area contributed by atoms with Crippen molar-refractivity contribution in [3.63, 3.8) is 0 Å². The van der Waals surface area contributed by atoms with Gasteiger partial charge in [-0.25, -0.2) is 4.79 Å². The number of fused-ring (bicyclic) bond motifs is 1. The van der Waals surface area contributed by atoms with Gasteiger partial charge in [0.05, 0.1) is 0 Å². The van der Waals surface area contributed by atoms with Crippen molar-refractivity contribution < 1.29 is 14.6 Å². The van der Waals surface area contributed by atoms with Crippen molar-refractivity contribution in [1.82, 2.24) is 0 Å². The van der Waals surface area contributed by atoms with Gasteiger partial charge in [0.15, 0.2) is 0 Å². The van der Waals surface area contributed by atoms with Crippen molar-refractivity contribution in [2.45, 2.75) is 58.3 Å². The van der Waals surface area contributed by atoms with Crippen molar-refractivity contribution in [3.8, 4) is 11.5 Å². The molecule has 0 spiro atoms. The molecule has 0 saturated heterocycles. The molecule has 0 saturated carbocycles. The van der Waals surface area contributed by atoms with Crippen molar-refractivity contribution in [3.05, 3.63) is 69.2 Å². The second-order valence-corrected chi connectivity index (χ2v) is 10.3. The average molecular weight is 443 g/mol. The molecule has 0 radical (unpaired) electrons. The number of hydrogen-bond donors (Lipinski definition) is 1. The maximum absolute atomic E-state index is 12.5. The molecular weight excluding hydrogens is 416 g/mol. The first kappa shape index (κ1) is 20.7. The molecular formula is C24H27BrO3. The van der Waals surface area contributed by atoms with Gasteiger partial charge in [0.25, 0.3) is 0 Å². The first-order chi connectivity index (χ1) is 12.8. The number of phenols is 1. The Kier molecular flexibility index (Phi) is 4.99. The fraction of sp³-hybridized carbons (Fsp3) is 0.375. The predicted molar refractivity (Wildman–Crippen MR) is 116 cm³/mol. The van der Waals surface area contributed by atoms with E-state index in [1.54, 1.807) is 6.07 Å². The molecule has 3 rings (SSSR count). The zero-order valence-corrected chi connectivity index (χ0v) is 18.9. The number of rotatable bonds is 1. The summed E-state index contributed by atoms with van der Waals surface area (Å²) in [6.07, 6.45) is 0. The summed E-state index contributed by atoms with van der Waals surface area (Å²) in [5.74, 6) is 0.104. The first-order valence-electron chi connectivity index (χ1n) is 9.39. The Labute approximate surface area is 175 Å². The van der Waals surface area contributed by atoms with E-state index in [-0.39, 0.29) is 16.7 Å². The number of benzene rings is 2. The van der Waals surface area contributed by atoms with E-state index in [1.165, 1.54) is 0 Å². The Morgan fingerprint density at radius 2 is 1.57 bits per heavy atom. The van der Waals surface area contributed by atoms with E-state index < -0.39 is 5.97 Å². The van der Waals surface area contributed by atoms with E-state index in [0.29, 0.717) is 17.1 Å². The molecule has 1 aliphatic rings. The normalized spacial score (nSPS) is 17.3. The smallest absolute Gasteiger partial charge is 0.339 e. The summed E-state index contributed by atoms with van der Waals surface area (Å²) in [7, 11) is 0. The molecule has 2 aromatic carbocycles. The minimum Gasteiger partial charge on any atom is -0.507 e. The van der Waals surface area contributed by atoms with E-state index in [4.69, 9.17) is 4.74 Å².